The number of hydrogen-bond acceptors (Lipinski definition) is 7. The Hall–Kier alpha value is -1.12. The Kier molecular flexibility index (Phi) is 6.22. The highest BCUT2D eigenvalue weighted by atomic mass is 32.2. The molecule has 22 heavy (non-hydrogen) atoms. The standard InChI is InChI=1S/C14H20N4OS3/c1-14(2,3)16-12-17-18-13(22-12)21-9-11(19)15-7-6-10-5-4-8-20-10/h4-5,8H,6-7,9H2,1-3H3,(H,15,19)(H,16,17). The van der Waals surface area contributed by atoms with E-state index >= 15 is 0 Å². The van der Waals surface area contributed by atoms with E-state index in [9.17, 15) is 4.79 Å². The normalized spacial score (nSPS) is 11.4. The molecule has 8 heteroatoms. The second-order valence-corrected chi connectivity index (χ2v) is 8.95. The van der Waals surface area contributed by atoms with Crippen LogP contribution >= 0.6 is 34.4 Å². The van der Waals surface area contributed by atoms with Crippen LogP contribution in [0.4, 0.5) is 5.13 Å². The SMILES string of the molecule is CC(C)(C)Nc1nnc(SCC(=O)NCCc2cccs2)s1. The number of amides is 1. The first-order valence-corrected chi connectivity index (χ1v) is 9.64. The van der Waals surface area contributed by atoms with Gasteiger partial charge in [-0.25, -0.2) is 0 Å². The predicted octanol–water partition coefficient (Wildman–Crippen LogP) is 3.26. The Morgan fingerprint density at radius 1 is 1.36 bits per heavy atom. The number of thiophene rings is 1. The van der Waals surface area contributed by atoms with E-state index in [0.717, 1.165) is 15.9 Å². The minimum Gasteiger partial charge on any atom is -0.355 e. The molecule has 2 aromatic heterocycles. The zero-order valence-corrected chi connectivity index (χ0v) is 15.3. The van der Waals surface area contributed by atoms with Gasteiger partial charge in [-0.2, -0.15) is 0 Å². The van der Waals surface area contributed by atoms with Crippen molar-refractivity contribution < 1.29 is 4.79 Å². The maximum atomic E-state index is 11.8. The zero-order chi connectivity index (χ0) is 16.0. The summed E-state index contributed by atoms with van der Waals surface area (Å²) < 4.78 is 0.806. The van der Waals surface area contributed by atoms with Crippen molar-refractivity contribution in [1.29, 1.82) is 0 Å². The largest absolute Gasteiger partial charge is 0.355 e. The second-order valence-electron chi connectivity index (χ2n) is 5.72. The van der Waals surface area contributed by atoms with Crippen molar-refractivity contribution in [2.45, 2.75) is 37.1 Å². The van der Waals surface area contributed by atoms with E-state index in [4.69, 9.17) is 0 Å². The van der Waals surface area contributed by atoms with Crippen LogP contribution < -0.4 is 10.6 Å². The molecule has 2 aromatic rings. The Morgan fingerprint density at radius 2 is 2.18 bits per heavy atom. The molecule has 0 spiro atoms. The summed E-state index contributed by atoms with van der Waals surface area (Å²) in [5.74, 6) is 0.399. The molecule has 0 aliphatic rings. The second kappa shape index (κ2) is 7.94. The van der Waals surface area contributed by atoms with Crippen molar-refractivity contribution in [2.24, 2.45) is 0 Å². The molecule has 0 saturated heterocycles. The van der Waals surface area contributed by atoms with Gasteiger partial charge in [0.15, 0.2) is 4.34 Å². The predicted molar refractivity (Wildman–Crippen MR) is 95.0 cm³/mol. The van der Waals surface area contributed by atoms with Gasteiger partial charge >= 0.3 is 0 Å². The smallest absolute Gasteiger partial charge is 0.230 e. The molecule has 2 rings (SSSR count). The van der Waals surface area contributed by atoms with Crippen molar-refractivity contribution in [3.63, 3.8) is 0 Å². The number of thioether (sulfide) groups is 1. The molecule has 0 bridgehead atoms. The van der Waals surface area contributed by atoms with E-state index in [1.165, 1.54) is 28.0 Å². The van der Waals surface area contributed by atoms with Crippen molar-refractivity contribution in [1.82, 2.24) is 15.5 Å². The molecule has 0 unspecified atom stereocenters. The molecule has 120 valence electrons. The lowest BCUT2D eigenvalue weighted by Gasteiger charge is -2.18. The van der Waals surface area contributed by atoms with Crippen LogP contribution in [0.25, 0.3) is 0 Å². The number of hydrogen-bond donors (Lipinski definition) is 2. The van der Waals surface area contributed by atoms with Crippen LogP contribution in [0.1, 0.15) is 25.6 Å². The van der Waals surface area contributed by atoms with Crippen LogP contribution in [-0.4, -0.2) is 33.9 Å². The first-order valence-electron chi connectivity index (χ1n) is 6.96. The third-order valence-electron chi connectivity index (χ3n) is 2.49. The molecule has 5 nitrogen and oxygen atoms in total. The first-order chi connectivity index (χ1) is 10.4. The molecule has 0 aliphatic carbocycles. The maximum absolute atomic E-state index is 11.8. The third kappa shape index (κ3) is 6.33. The molecule has 2 N–H and O–H groups in total. The molecular weight excluding hydrogens is 336 g/mol. The number of rotatable bonds is 7. The molecule has 0 radical (unpaired) electrons. The van der Waals surface area contributed by atoms with Crippen LogP contribution in [0.15, 0.2) is 21.9 Å². The monoisotopic (exact) mass is 356 g/mol. The lowest BCUT2D eigenvalue weighted by molar-refractivity contribution is -0.118. The lowest BCUT2D eigenvalue weighted by atomic mass is 10.1. The van der Waals surface area contributed by atoms with E-state index in [-0.39, 0.29) is 11.4 Å². The third-order valence-corrected chi connectivity index (χ3v) is 5.40. The van der Waals surface area contributed by atoms with Gasteiger partial charge in [0.2, 0.25) is 11.0 Å². The summed E-state index contributed by atoms with van der Waals surface area (Å²) in [7, 11) is 0. The molecule has 0 fully saturated rings. The molecule has 0 atom stereocenters. The highest BCUT2D eigenvalue weighted by Crippen LogP contribution is 2.26. The van der Waals surface area contributed by atoms with Crippen LogP contribution in [0, 0.1) is 0 Å². The number of aromatic nitrogens is 2. The van der Waals surface area contributed by atoms with Gasteiger partial charge in [-0.3, -0.25) is 4.79 Å². The van der Waals surface area contributed by atoms with Gasteiger partial charge in [0.1, 0.15) is 0 Å². The van der Waals surface area contributed by atoms with Crippen molar-refractivity contribution in [3.8, 4) is 0 Å². The fourth-order valence-electron chi connectivity index (χ4n) is 1.60. The average Bonchev–Trinajstić information content (AvgIpc) is 3.06. The molecule has 0 aliphatic heterocycles. The van der Waals surface area contributed by atoms with Crippen LogP contribution in [-0.2, 0) is 11.2 Å². The van der Waals surface area contributed by atoms with Crippen molar-refractivity contribution >= 4 is 45.5 Å². The van der Waals surface area contributed by atoms with Gasteiger partial charge in [0.05, 0.1) is 5.75 Å². The maximum Gasteiger partial charge on any atom is 0.230 e. The molecule has 0 aromatic carbocycles. The highest BCUT2D eigenvalue weighted by molar-refractivity contribution is 8.01. The quantitative estimate of drug-likeness (QED) is 0.746. The lowest BCUT2D eigenvalue weighted by Crippen LogP contribution is -2.27. The van der Waals surface area contributed by atoms with Crippen LogP contribution in [0.5, 0.6) is 0 Å². The minimum atomic E-state index is -0.0410. The van der Waals surface area contributed by atoms with Gasteiger partial charge in [-0.05, 0) is 38.6 Å². The van der Waals surface area contributed by atoms with E-state index in [1.807, 2.05) is 11.4 Å². The fraction of sp³-hybridized carbons (Fsp3) is 0.500. The van der Waals surface area contributed by atoms with Gasteiger partial charge in [0, 0.05) is 17.0 Å². The van der Waals surface area contributed by atoms with Crippen molar-refractivity contribution in [2.75, 3.05) is 17.6 Å². The minimum absolute atomic E-state index is 0.0297. The number of carbonyl (C=O) groups is 1. The topological polar surface area (TPSA) is 66.9 Å². The molecule has 0 saturated carbocycles. The van der Waals surface area contributed by atoms with E-state index in [1.54, 1.807) is 11.3 Å². The van der Waals surface area contributed by atoms with Gasteiger partial charge in [-0.1, -0.05) is 29.2 Å². The Labute approximate surface area is 142 Å². The number of nitrogens with zero attached hydrogens (tertiary/aromatic N) is 2. The zero-order valence-electron chi connectivity index (χ0n) is 12.9. The van der Waals surface area contributed by atoms with Gasteiger partial charge in [-0.15, -0.1) is 21.5 Å². The summed E-state index contributed by atoms with van der Waals surface area (Å²) in [5, 5.41) is 17.2. The van der Waals surface area contributed by atoms with Crippen LogP contribution in [0.2, 0.25) is 0 Å². The fourth-order valence-corrected chi connectivity index (χ4v) is 4.10. The highest BCUT2D eigenvalue weighted by Gasteiger charge is 2.13. The number of carbonyl (C=O) groups excluding carboxylic acids is 1. The molecular formula is C14H20N4OS3. The van der Waals surface area contributed by atoms with E-state index in [0.29, 0.717) is 12.3 Å². The Balaban J connectivity index is 1.67. The van der Waals surface area contributed by atoms with Gasteiger partial charge < -0.3 is 10.6 Å². The summed E-state index contributed by atoms with van der Waals surface area (Å²) in [5.41, 5.74) is -0.0410. The first kappa shape index (κ1) is 17.2. The summed E-state index contributed by atoms with van der Waals surface area (Å²) in [6.45, 7) is 6.89. The Morgan fingerprint density at radius 3 is 2.86 bits per heavy atom. The summed E-state index contributed by atoms with van der Waals surface area (Å²) in [6, 6.07) is 4.10. The van der Waals surface area contributed by atoms with E-state index in [2.05, 4.69) is 47.7 Å². The molecule has 1 amide bonds. The summed E-state index contributed by atoms with van der Waals surface area (Å²) >= 11 is 4.61. The summed E-state index contributed by atoms with van der Waals surface area (Å²) in [6.07, 6.45) is 0.881. The molecule has 2 heterocycles. The summed E-state index contributed by atoms with van der Waals surface area (Å²) in [4.78, 5) is 13.1. The number of nitrogens with one attached hydrogen (secondary N) is 2. The number of anilines is 1. The van der Waals surface area contributed by atoms with Crippen molar-refractivity contribution in [3.05, 3.63) is 22.4 Å². The van der Waals surface area contributed by atoms with E-state index < -0.39 is 0 Å². The van der Waals surface area contributed by atoms with Gasteiger partial charge in [0.25, 0.3) is 0 Å². The van der Waals surface area contributed by atoms with Crippen LogP contribution in [0.3, 0.4) is 0 Å². The Bertz CT molecular complexity index is 590. The average molecular weight is 357 g/mol.